The maximum Gasteiger partial charge on any atom is 0.407 e. The molecule has 20 heavy (non-hydrogen) atoms. The van der Waals surface area contributed by atoms with Crippen molar-refractivity contribution in [2.24, 2.45) is 5.92 Å². The molecule has 0 aliphatic heterocycles. The Labute approximate surface area is 117 Å². The number of alkyl carbamates (subject to hydrolysis) is 1. The number of carbonyl (C=O) groups excluding carboxylic acids is 2. The van der Waals surface area contributed by atoms with Crippen molar-refractivity contribution in [3.05, 3.63) is 29.8 Å². The number of hydrogen-bond acceptors (Lipinski definition) is 5. The third-order valence-corrected chi connectivity index (χ3v) is 3.76. The van der Waals surface area contributed by atoms with Crippen LogP contribution in [0, 0.1) is 5.92 Å². The van der Waals surface area contributed by atoms with Crippen LogP contribution in [0.4, 0.5) is 10.5 Å². The molecule has 1 aromatic rings. The van der Waals surface area contributed by atoms with Crippen molar-refractivity contribution in [3.63, 3.8) is 0 Å². The first-order valence-corrected chi connectivity index (χ1v) is 6.46. The number of benzene rings is 1. The lowest BCUT2D eigenvalue weighted by atomic mass is 10.00. The maximum atomic E-state index is 11.5. The Morgan fingerprint density at radius 3 is 3.05 bits per heavy atom. The molecule has 108 valence electrons. The Bertz CT molecular complexity index is 506. The molecule has 6 nitrogen and oxygen atoms in total. The van der Waals surface area contributed by atoms with Crippen molar-refractivity contribution in [1.82, 2.24) is 5.32 Å². The number of aldehydes is 1. The molecule has 1 aliphatic carbocycles. The predicted octanol–water partition coefficient (Wildman–Crippen LogP) is 2.04. The largest absolute Gasteiger partial charge is 0.453 e. The van der Waals surface area contributed by atoms with Crippen LogP contribution in [-0.2, 0) is 15.1 Å². The van der Waals surface area contributed by atoms with Crippen LogP contribution in [0.2, 0.25) is 0 Å². The highest BCUT2D eigenvalue weighted by Crippen LogP contribution is 2.54. The summed E-state index contributed by atoms with van der Waals surface area (Å²) in [5, 5.41) is 11.8. The molecular weight excluding hydrogens is 260 g/mol. The molecule has 2 rings (SSSR count). The van der Waals surface area contributed by atoms with Crippen LogP contribution in [0.15, 0.2) is 24.3 Å². The molecule has 1 saturated carbocycles. The minimum atomic E-state index is -0.511. The summed E-state index contributed by atoms with van der Waals surface area (Å²) in [5.74, 6) is 0.195. The third kappa shape index (κ3) is 2.75. The molecule has 3 N–H and O–H groups in total. The molecule has 1 fully saturated rings. The van der Waals surface area contributed by atoms with Gasteiger partial charge in [-0.05, 0) is 36.5 Å². The van der Waals surface area contributed by atoms with E-state index in [9.17, 15) is 9.59 Å². The van der Waals surface area contributed by atoms with E-state index in [4.69, 9.17) is 5.21 Å². The zero-order valence-electron chi connectivity index (χ0n) is 11.3. The lowest BCUT2D eigenvalue weighted by Gasteiger charge is -2.20. The van der Waals surface area contributed by atoms with Crippen LogP contribution < -0.4 is 10.8 Å². The SMILES string of the molecule is COC(=O)NC1(c2cccc(NO)c2)CC1CCC=O. The summed E-state index contributed by atoms with van der Waals surface area (Å²) in [6, 6.07) is 7.18. The maximum absolute atomic E-state index is 11.5. The van der Waals surface area contributed by atoms with E-state index < -0.39 is 11.6 Å². The summed E-state index contributed by atoms with van der Waals surface area (Å²) in [6.07, 6.45) is 2.32. The molecule has 6 heteroatoms. The van der Waals surface area contributed by atoms with Crippen LogP contribution in [0.5, 0.6) is 0 Å². The summed E-state index contributed by atoms with van der Waals surface area (Å²) in [6.45, 7) is 0. The van der Waals surface area contributed by atoms with Crippen molar-refractivity contribution in [2.45, 2.75) is 24.8 Å². The van der Waals surface area contributed by atoms with Gasteiger partial charge in [0, 0.05) is 6.42 Å². The van der Waals surface area contributed by atoms with Gasteiger partial charge in [0.1, 0.15) is 6.29 Å². The second-order valence-corrected chi connectivity index (χ2v) is 4.93. The molecule has 0 saturated heterocycles. The molecular formula is C14H18N2O4. The summed E-state index contributed by atoms with van der Waals surface area (Å²) in [7, 11) is 1.32. The number of methoxy groups -OCH3 is 1. The highest BCUT2D eigenvalue weighted by Gasteiger charge is 2.56. The lowest BCUT2D eigenvalue weighted by Crippen LogP contribution is -2.36. The number of carbonyl (C=O) groups is 2. The second-order valence-electron chi connectivity index (χ2n) is 4.93. The van der Waals surface area contributed by atoms with Crippen LogP contribution >= 0.6 is 0 Å². The molecule has 2 unspecified atom stereocenters. The first-order valence-electron chi connectivity index (χ1n) is 6.46. The van der Waals surface area contributed by atoms with E-state index in [0.717, 1.165) is 18.3 Å². The molecule has 0 radical (unpaired) electrons. The number of nitrogens with one attached hydrogen (secondary N) is 2. The van der Waals surface area contributed by atoms with Crippen molar-refractivity contribution in [1.29, 1.82) is 0 Å². The van der Waals surface area contributed by atoms with Gasteiger partial charge in [-0.3, -0.25) is 10.7 Å². The molecule has 0 heterocycles. The third-order valence-electron chi connectivity index (χ3n) is 3.76. The van der Waals surface area contributed by atoms with E-state index in [1.165, 1.54) is 7.11 Å². The van der Waals surface area contributed by atoms with Gasteiger partial charge in [0.05, 0.1) is 18.3 Å². The summed E-state index contributed by atoms with van der Waals surface area (Å²) < 4.78 is 4.67. The van der Waals surface area contributed by atoms with Crippen molar-refractivity contribution < 1.29 is 19.5 Å². The Hall–Kier alpha value is -2.08. The van der Waals surface area contributed by atoms with Gasteiger partial charge in [0.2, 0.25) is 0 Å². The fourth-order valence-electron chi connectivity index (χ4n) is 2.63. The fourth-order valence-corrected chi connectivity index (χ4v) is 2.63. The topological polar surface area (TPSA) is 87.7 Å². The Kier molecular flexibility index (Phi) is 4.24. The first-order chi connectivity index (χ1) is 9.66. The van der Waals surface area contributed by atoms with Crippen molar-refractivity contribution >= 4 is 18.1 Å². The number of ether oxygens (including phenoxy) is 1. The molecule has 1 aliphatic rings. The number of rotatable bonds is 6. The van der Waals surface area contributed by atoms with E-state index in [-0.39, 0.29) is 5.92 Å². The summed E-state index contributed by atoms with van der Waals surface area (Å²) >= 11 is 0. The van der Waals surface area contributed by atoms with Crippen molar-refractivity contribution in [2.75, 3.05) is 12.6 Å². The highest BCUT2D eigenvalue weighted by molar-refractivity contribution is 5.70. The monoisotopic (exact) mass is 278 g/mol. The Morgan fingerprint density at radius 2 is 2.40 bits per heavy atom. The standard InChI is InChI=1S/C14H18N2O4/c1-20-13(18)15-14(9-11(14)5-3-7-17)10-4-2-6-12(8-10)16-19/h2,4,6-8,11,16,19H,3,5,9H2,1H3,(H,15,18). The average molecular weight is 278 g/mol. The highest BCUT2D eigenvalue weighted by atomic mass is 16.5. The van der Waals surface area contributed by atoms with E-state index in [1.807, 2.05) is 6.07 Å². The van der Waals surface area contributed by atoms with Gasteiger partial charge in [0.25, 0.3) is 0 Å². The van der Waals surface area contributed by atoms with E-state index in [0.29, 0.717) is 18.5 Å². The lowest BCUT2D eigenvalue weighted by molar-refractivity contribution is -0.108. The van der Waals surface area contributed by atoms with Gasteiger partial charge >= 0.3 is 6.09 Å². The molecule has 0 spiro atoms. The zero-order chi connectivity index (χ0) is 14.6. The number of amides is 1. The number of hydrogen-bond donors (Lipinski definition) is 3. The van der Waals surface area contributed by atoms with E-state index >= 15 is 0 Å². The van der Waals surface area contributed by atoms with Gasteiger partial charge in [0.15, 0.2) is 0 Å². The molecule has 0 aromatic heterocycles. The van der Waals surface area contributed by atoms with Gasteiger partial charge in [-0.2, -0.15) is 0 Å². The van der Waals surface area contributed by atoms with Crippen molar-refractivity contribution in [3.8, 4) is 0 Å². The van der Waals surface area contributed by atoms with E-state index in [1.54, 1.807) is 18.2 Å². The Morgan fingerprint density at radius 1 is 1.60 bits per heavy atom. The van der Waals surface area contributed by atoms with Gasteiger partial charge < -0.3 is 14.8 Å². The molecule has 1 aromatic carbocycles. The quantitative estimate of drug-likeness (QED) is 0.547. The van der Waals surface area contributed by atoms with Crippen LogP contribution in [-0.4, -0.2) is 24.7 Å². The van der Waals surface area contributed by atoms with Gasteiger partial charge in [-0.25, -0.2) is 4.79 Å². The molecule has 1 amide bonds. The fraction of sp³-hybridized carbons (Fsp3) is 0.429. The molecule has 0 bridgehead atoms. The van der Waals surface area contributed by atoms with Gasteiger partial charge in [-0.1, -0.05) is 12.1 Å². The smallest absolute Gasteiger partial charge is 0.407 e. The second kappa shape index (κ2) is 5.92. The normalized spacial score (nSPS) is 23.8. The summed E-state index contributed by atoms with van der Waals surface area (Å²) in [4.78, 5) is 22.1. The van der Waals surface area contributed by atoms with Crippen LogP contribution in [0.3, 0.4) is 0 Å². The van der Waals surface area contributed by atoms with Crippen LogP contribution in [0.1, 0.15) is 24.8 Å². The van der Waals surface area contributed by atoms with Crippen LogP contribution in [0.25, 0.3) is 0 Å². The first kappa shape index (κ1) is 14.3. The van der Waals surface area contributed by atoms with Gasteiger partial charge in [-0.15, -0.1) is 0 Å². The molecule has 2 atom stereocenters. The zero-order valence-corrected chi connectivity index (χ0v) is 11.3. The predicted molar refractivity (Wildman–Crippen MR) is 72.5 cm³/mol. The Balaban J connectivity index is 2.23. The van der Waals surface area contributed by atoms with E-state index in [2.05, 4.69) is 15.5 Å². The number of anilines is 1. The average Bonchev–Trinajstić information content (AvgIpc) is 3.19. The minimum Gasteiger partial charge on any atom is -0.453 e. The summed E-state index contributed by atoms with van der Waals surface area (Å²) in [5.41, 5.74) is 3.02. The minimum absolute atomic E-state index is 0.195.